The lowest BCUT2D eigenvalue weighted by atomic mass is 9.87. The first-order valence-electron chi connectivity index (χ1n) is 8.19. The van der Waals surface area contributed by atoms with Gasteiger partial charge in [-0.05, 0) is 54.2 Å². The van der Waals surface area contributed by atoms with E-state index in [-0.39, 0.29) is 0 Å². The fourth-order valence-electron chi connectivity index (χ4n) is 4.15. The van der Waals surface area contributed by atoms with Gasteiger partial charge in [0.05, 0.1) is 17.7 Å². The van der Waals surface area contributed by atoms with Crippen molar-refractivity contribution in [3.63, 3.8) is 0 Å². The molecule has 0 aromatic heterocycles. The molecule has 0 spiro atoms. The van der Waals surface area contributed by atoms with Crippen LogP contribution in [-0.4, -0.2) is 6.54 Å². The summed E-state index contributed by atoms with van der Waals surface area (Å²) in [4.78, 5) is 2.57. The van der Waals surface area contributed by atoms with E-state index in [4.69, 9.17) is 0 Å². The molecule has 1 unspecified atom stereocenters. The quantitative estimate of drug-likeness (QED) is 0.699. The van der Waals surface area contributed by atoms with Gasteiger partial charge >= 0.3 is 0 Å². The molecule has 0 aliphatic carbocycles. The maximum absolute atomic E-state index is 9.26. The van der Waals surface area contributed by atoms with E-state index < -0.39 is 0 Å². The molecule has 4 rings (SSSR count). The topological polar surface area (TPSA) is 27.0 Å². The van der Waals surface area contributed by atoms with E-state index in [2.05, 4.69) is 54.3 Å². The molecule has 0 saturated carbocycles. The fourth-order valence-corrected chi connectivity index (χ4v) is 4.15. The average molecular weight is 288 g/mol. The summed E-state index contributed by atoms with van der Waals surface area (Å²) in [7, 11) is 0. The number of hydrogen-bond acceptors (Lipinski definition) is 2. The lowest BCUT2D eigenvalue weighted by Gasteiger charge is -2.38. The molecule has 2 heterocycles. The predicted octanol–water partition coefficient (Wildman–Crippen LogP) is 4.76. The summed E-state index contributed by atoms with van der Waals surface area (Å²) in [5, 5.41) is 9.26. The Kier molecular flexibility index (Phi) is 3.15. The molecule has 2 atom stereocenters. The Morgan fingerprint density at radius 3 is 2.68 bits per heavy atom. The molecule has 22 heavy (non-hydrogen) atoms. The van der Waals surface area contributed by atoms with Crippen LogP contribution in [0.25, 0.3) is 0 Å². The highest BCUT2D eigenvalue weighted by Crippen LogP contribution is 2.46. The van der Waals surface area contributed by atoms with E-state index >= 15 is 0 Å². The number of nitrogens with zero attached hydrogens (tertiary/aromatic N) is 2. The number of rotatable bonds is 0. The van der Waals surface area contributed by atoms with Gasteiger partial charge in [0.1, 0.15) is 0 Å². The van der Waals surface area contributed by atoms with Crippen LogP contribution in [0.3, 0.4) is 0 Å². The molecule has 110 valence electrons. The highest BCUT2D eigenvalue weighted by molar-refractivity contribution is 5.64. The van der Waals surface area contributed by atoms with Crippen LogP contribution < -0.4 is 4.90 Å². The minimum atomic E-state index is 0.338. The minimum absolute atomic E-state index is 0.338. The van der Waals surface area contributed by atoms with Gasteiger partial charge < -0.3 is 4.90 Å². The third-order valence-corrected chi connectivity index (χ3v) is 5.26. The summed E-state index contributed by atoms with van der Waals surface area (Å²) in [6.07, 6.45) is 3.78. The van der Waals surface area contributed by atoms with Crippen molar-refractivity contribution in [2.45, 2.75) is 38.1 Å². The summed E-state index contributed by atoms with van der Waals surface area (Å²) in [6, 6.07) is 17.9. The average Bonchev–Trinajstić information content (AvgIpc) is 2.70. The van der Waals surface area contributed by atoms with Crippen molar-refractivity contribution in [2.75, 3.05) is 11.4 Å². The molecular weight excluding hydrogens is 268 g/mol. The molecular formula is C20H20N2. The van der Waals surface area contributed by atoms with Crippen molar-refractivity contribution < 1.29 is 0 Å². The first-order valence-corrected chi connectivity index (χ1v) is 8.19. The van der Waals surface area contributed by atoms with E-state index in [1.165, 1.54) is 41.6 Å². The molecule has 2 aliphatic heterocycles. The Morgan fingerprint density at radius 1 is 1.05 bits per heavy atom. The van der Waals surface area contributed by atoms with E-state index in [0.717, 1.165) is 12.1 Å². The number of hydrogen-bond donors (Lipinski definition) is 0. The maximum atomic E-state index is 9.26. The number of anilines is 1. The second-order valence-electron chi connectivity index (χ2n) is 6.44. The lowest BCUT2D eigenvalue weighted by molar-refractivity contribution is 0.473. The Balaban J connectivity index is 1.97. The van der Waals surface area contributed by atoms with Crippen LogP contribution in [0.4, 0.5) is 5.69 Å². The standard InChI is InChI=1S/C20H20N2/c1-14-16-6-2-3-7-17(16)19-8-4-5-11-22(19)20-10-9-15(13-21)12-18(14)20/h2-3,6-7,9-10,12,14,19H,4-5,8,11H2,1H3/t14-,19?/m0/s1. The third-order valence-electron chi connectivity index (χ3n) is 5.26. The zero-order valence-electron chi connectivity index (χ0n) is 12.9. The van der Waals surface area contributed by atoms with Crippen molar-refractivity contribution in [3.05, 3.63) is 64.7 Å². The zero-order chi connectivity index (χ0) is 15.1. The third kappa shape index (κ3) is 1.93. The highest BCUT2D eigenvalue weighted by Gasteiger charge is 2.33. The SMILES string of the molecule is C[C@H]1c2ccccc2C2CCCCN2c2ccc(C#N)cc21. The van der Waals surface area contributed by atoms with Crippen molar-refractivity contribution in [1.82, 2.24) is 0 Å². The first-order chi connectivity index (χ1) is 10.8. The van der Waals surface area contributed by atoms with Gasteiger partial charge in [-0.3, -0.25) is 0 Å². The molecule has 2 aromatic carbocycles. The molecule has 0 radical (unpaired) electrons. The number of nitriles is 1. The van der Waals surface area contributed by atoms with Gasteiger partial charge in [0.15, 0.2) is 0 Å². The normalized spacial score (nSPS) is 22.8. The van der Waals surface area contributed by atoms with Crippen LogP contribution in [0.2, 0.25) is 0 Å². The molecule has 0 bridgehead atoms. The number of fused-ring (bicyclic) bond motifs is 5. The smallest absolute Gasteiger partial charge is 0.0991 e. The summed E-state index contributed by atoms with van der Waals surface area (Å²) >= 11 is 0. The van der Waals surface area contributed by atoms with Crippen LogP contribution in [0.15, 0.2) is 42.5 Å². The Hall–Kier alpha value is -2.27. The molecule has 1 fully saturated rings. The maximum Gasteiger partial charge on any atom is 0.0991 e. The molecule has 2 heteroatoms. The van der Waals surface area contributed by atoms with Gasteiger partial charge in [-0.2, -0.15) is 5.26 Å². The van der Waals surface area contributed by atoms with Gasteiger partial charge in [-0.15, -0.1) is 0 Å². The first kappa shape index (κ1) is 13.4. The Morgan fingerprint density at radius 2 is 1.86 bits per heavy atom. The van der Waals surface area contributed by atoms with Crippen LogP contribution in [0, 0.1) is 11.3 Å². The van der Waals surface area contributed by atoms with Crippen molar-refractivity contribution in [1.29, 1.82) is 5.26 Å². The summed E-state index contributed by atoms with van der Waals surface area (Å²) in [6.45, 7) is 3.39. The summed E-state index contributed by atoms with van der Waals surface area (Å²) in [5.74, 6) is 0.338. The molecule has 2 nitrogen and oxygen atoms in total. The summed E-state index contributed by atoms with van der Waals surface area (Å²) in [5.41, 5.74) is 6.29. The van der Waals surface area contributed by atoms with Crippen LogP contribution >= 0.6 is 0 Å². The zero-order valence-corrected chi connectivity index (χ0v) is 12.9. The Labute approximate surface area is 132 Å². The lowest BCUT2D eigenvalue weighted by Crippen LogP contribution is -2.33. The van der Waals surface area contributed by atoms with E-state index in [1.54, 1.807) is 0 Å². The predicted molar refractivity (Wildman–Crippen MR) is 89.1 cm³/mol. The van der Waals surface area contributed by atoms with Crippen LogP contribution in [-0.2, 0) is 0 Å². The largest absolute Gasteiger partial charge is 0.364 e. The van der Waals surface area contributed by atoms with Gasteiger partial charge in [0, 0.05) is 18.2 Å². The van der Waals surface area contributed by atoms with E-state index in [9.17, 15) is 5.26 Å². The highest BCUT2D eigenvalue weighted by atomic mass is 15.2. The van der Waals surface area contributed by atoms with Gasteiger partial charge in [0.25, 0.3) is 0 Å². The monoisotopic (exact) mass is 288 g/mol. The molecule has 0 amide bonds. The summed E-state index contributed by atoms with van der Waals surface area (Å²) < 4.78 is 0. The number of benzene rings is 2. The van der Waals surface area contributed by atoms with Crippen molar-refractivity contribution >= 4 is 5.69 Å². The number of piperidine rings is 1. The van der Waals surface area contributed by atoms with Crippen LogP contribution in [0.5, 0.6) is 0 Å². The second-order valence-corrected chi connectivity index (χ2v) is 6.44. The second kappa shape index (κ2) is 5.18. The van der Waals surface area contributed by atoms with Crippen molar-refractivity contribution in [2.24, 2.45) is 0 Å². The van der Waals surface area contributed by atoms with E-state index in [1.807, 2.05) is 6.07 Å². The molecule has 2 aromatic rings. The van der Waals surface area contributed by atoms with Crippen LogP contribution in [0.1, 0.15) is 60.4 Å². The minimum Gasteiger partial charge on any atom is -0.364 e. The fraction of sp³-hybridized carbons (Fsp3) is 0.350. The van der Waals surface area contributed by atoms with E-state index in [0.29, 0.717) is 12.0 Å². The van der Waals surface area contributed by atoms with Gasteiger partial charge in [0.2, 0.25) is 0 Å². The van der Waals surface area contributed by atoms with Gasteiger partial charge in [-0.25, -0.2) is 0 Å². The van der Waals surface area contributed by atoms with Crippen molar-refractivity contribution in [3.8, 4) is 6.07 Å². The molecule has 1 saturated heterocycles. The molecule has 0 N–H and O–H groups in total. The Bertz CT molecular complexity index is 757. The molecule has 2 aliphatic rings. The van der Waals surface area contributed by atoms with Gasteiger partial charge in [-0.1, -0.05) is 31.2 Å².